The summed E-state index contributed by atoms with van der Waals surface area (Å²) in [5.41, 5.74) is 2.77. The van der Waals surface area contributed by atoms with Gasteiger partial charge in [0.25, 0.3) is 0 Å². The maximum absolute atomic E-state index is 11.1. The van der Waals surface area contributed by atoms with Gasteiger partial charge in [-0.05, 0) is 78.5 Å². The summed E-state index contributed by atoms with van der Waals surface area (Å²) in [6, 6.07) is 6.33. The van der Waals surface area contributed by atoms with Crippen molar-refractivity contribution in [3.63, 3.8) is 0 Å². The number of aliphatic hydroxyl groups is 1. The molecule has 0 amide bonds. The van der Waals surface area contributed by atoms with Crippen molar-refractivity contribution < 1.29 is 24.1 Å². The predicted molar refractivity (Wildman–Crippen MR) is 102 cm³/mol. The first-order chi connectivity index (χ1) is 13.1. The van der Waals surface area contributed by atoms with Crippen molar-refractivity contribution in [3.8, 4) is 5.75 Å². The fourth-order valence-electron chi connectivity index (χ4n) is 6.17. The molecule has 0 saturated heterocycles. The van der Waals surface area contributed by atoms with E-state index in [1.165, 1.54) is 11.1 Å². The van der Waals surface area contributed by atoms with E-state index >= 15 is 0 Å². The summed E-state index contributed by atoms with van der Waals surface area (Å²) in [5.74, 6) is 2.07. The summed E-state index contributed by atoms with van der Waals surface area (Å²) in [6.07, 6.45) is 5.09. The number of rotatable bonds is 6. The van der Waals surface area contributed by atoms with Crippen LogP contribution in [0.4, 0.5) is 0 Å². The third-order valence-electron chi connectivity index (χ3n) is 7.36. The Morgan fingerprint density at radius 1 is 1.11 bits per heavy atom. The molecule has 0 aromatic heterocycles. The largest absolute Gasteiger partial charge is 0.468 e. The highest BCUT2D eigenvalue weighted by Gasteiger charge is 2.57. The predicted octanol–water partition coefficient (Wildman–Crippen LogP) is 3.49. The minimum absolute atomic E-state index is 0.139. The molecule has 6 atom stereocenters. The van der Waals surface area contributed by atoms with Crippen LogP contribution in [0.5, 0.6) is 5.75 Å². The first-order valence-electron chi connectivity index (χ1n) is 10.1. The summed E-state index contributed by atoms with van der Waals surface area (Å²) in [7, 11) is 3.30. The maximum atomic E-state index is 11.1. The average molecular weight is 376 g/mol. The molecule has 0 bridgehead atoms. The molecular formula is C22H32O5. The van der Waals surface area contributed by atoms with E-state index in [9.17, 15) is 5.11 Å². The van der Waals surface area contributed by atoms with E-state index in [-0.39, 0.29) is 24.4 Å². The Labute approximate surface area is 162 Å². The molecule has 5 heteroatoms. The van der Waals surface area contributed by atoms with Crippen molar-refractivity contribution in [2.45, 2.75) is 57.2 Å². The quantitative estimate of drug-likeness (QED) is 0.771. The summed E-state index contributed by atoms with van der Waals surface area (Å²) in [6.45, 7) is 2.97. The highest BCUT2D eigenvalue weighted by atomic mass is 16.7. The lowest BCUT2D eigenvalue weighted by Crippen LogP contribution is -2.49. The SMILES string of the molecule is COCOc1ccc2c(c1)C[C@@H](O)[C@@H]1[C@@H]2CC[C@]2(C)[C@@H](OCOC)CC[C@@H]12. The van der Waals surface area contributed by atoms with Gasteiger partial charge in [-0.1, -0.05) is 13.0 Å². The zero-order chi connectivity index (χ0) is 19.0. The van der Waals surface area contributed by atoms with Gasteiger partial charge in [-0.2, -0.15) is 0 Å². The van der Waals surface area contributed by atoms with Crippen molar-refractivity contribution in [2.24, 2.45) is 17.3 Å². The van der Waals surface area contributed by atoms with Crippen LogP contribution in [0.25, 0.3) is 0 Å². The zero-order valence-electron chi connectivity index (χ0n) is 16.6. The lowest BCUT2D eigenvalue weighted by Gasteiger charge is -2.52. The van der Waals surface area contributed by atoms with Crippen LogP contribution in [0.1, 0.15) is 49.7 Å². The van der Waals surface area contributed by atoms with Crippen LogP contribution in [0.2, 0.25) is 0 Å². The van der Waals surface area contributed by atoms with Crippen LogP contribution >= 0.6 is 0 Å². The monoisotopic (exact) mass is 376 g/mol. The molecule has 0 heterocycles. The molecule has 2 saturated carbocycles. The Kier molecular flexibility index (Phi) is 5.48. The molecule has 3 aliphatic rings. The molecule has 0 spiro atoms. The van der Waals surface area contributed by atoms with Crippen molar-refractivity contribution >= 4 is 0 Å². The highest BCUT2D eigenvalue weighted by Crippen LogP contribution is 2.61. The summed E-state index contributed by atoms with van der Waals surface area (Å²) in [4.78, 5) is 0. The third kappa shape index (κ3) is 3.29. The fourth-order valence-corrected chi connectivity index (χ4v) is 6.17. The average Bonchev–Trinajstić information content (AvgIpc) is 3.00. The molecule has 1 aromatic rings. The van der Waals surface area contributed by atoms with Crippen LogP contribution in [0.3, 0.4) is 0 Å². The van der Waals surface area contributed by atoms with Crippen molar-refractivity contribution in [1.29, 1.82) is 0 Å². The van der Waals surface area contributed by atoms with Crippen molar-refractivity contribution in [1.82, 2.24) is 0 Å². The van der Waals surface area contributed by atoms with E-state index in [0.29, 0.717) is 31.0 Å². The van der Waals surface area contributed by atoms with E-state index in [1.54, 1.807) is 14.2 Å². The number of ether oxygens (including phenoxy) is 4. The molecule has 0 radical (unpaired) electrons. The molecule has 0 unspecified atom stereocenters. The van der Waals surface area contributed by atoms with Gasteiger partial charge in [0.05, 0.1) is 12.2 Å². The van der Waals surface area contributed by atoms with E-state index in [0.717, 1.165) is 31.4 Å². The van der Waals surface area contributed by atoms with Gasteiger partial charge < -0.3 is 24.1 Å². The standard InChI is InChI=1S/C22H32O5/c1-22-9-8-17-16-5-4-15(26-12-24-2)10-14(16)11-19(23)21(17)18(22)6-7-20(22)27-13-25-3/h4-5,10,17-21,23H,6-9,11-13H2,1-3H3/t17-,18+,19-,20+,21-,22+/m1/s1. The smallest absolute Gasteiger partial charge is 0.188 e. The van der Waals surface area contributed by atoms with E-state index in [2.05, 4.69) is 19.1 Å². The fraction of sp³-hybridized carbons (Fsp3) is 0.727. The normalized spacial score (nSPS) is 37.4. The molecule has 3 aliphatic carbocycles. The molecule has 1 aromatic carbocycles. The number of methoxy groups -OCH3 is 2. The summed E-state index contributed by atoms with van der Waals surface area (Å²) < 4.78 is 21.8. The number of aliphatic hydroxyl groups excluding tert-OH is 1. The maximum Gasteiger partial charge on any atom is 0.188 e. The van der Waals surface area contributed by atoms with E-state index < -0.39 is 0 Å². The van der Waals surface area contributed by atoms with Crippen LogP contribution in [-0.2, 0) is 20.6 Å². The Morgan fingerprint density at radius 3 is 2.70 bits per heavy atom. The van der Waals surface area contributed by atoms with Gasteiger partial charge in [0, 0.05) is 14.2 Å². The minimum atomic E-state index is -0.300. The molecular weight excluding hydrogens is 344 g/mol. The molecule has 4 rings (SSSR count). The first-order valence-corrected chi connectivity index (χ1v) is 10.1. The Hall–Kier alpha value is -1.14. The van der Waals surface area contributed by atoms with Crippen molar-refractivity contribution in [2.75, 3.05) is 27.8 Å². The number of benzene rings is 1. The second-order valence-corrected chi connectivity index (χ2v) is 8.66. The van der Waals surface area contributed by atoms with Crippen LogP contribution < -0.4 is 4.74 Å². The van der Waals surface area contributed by atoms with Gasteiger partial charge in [0.1, 0.15) is 12.5 Å². The van der Waals surface area contributed by atoms with Gasteiger partial charge in [-0.25, -0.2) is 0 Å². The highest BCUT2D eigenvalue weighted by molar-refractivity contribution is 5.41. The van der Waals surface area contributed by atoms with Gasteiger partial charge in [-0.3, -0.25) is 0 Å². The van der Waals surface area contributed by atoms with Gasteiger partial charge in [0.2, 0.25) is 0 Å². The number of hydrogen-bond donors (Lipinski definition) is 1. The van der Waals surface area contributed by atoms with Crippen LogP contribution in [0, 0.1) is 17.3 Å². The van der Waals surface area contributed by atoms with Gasteiger partial charge in [-0.15, -0.1) is 0 Å². The summed E-state index contributed by atoms with van der Waals surface area (Å²) >= 11 is 0. The zero-order valence-corrected chi connectivity index (χ0v) is 16.6. The molecule has 2 fully saturated rings. The van der Waals surface area contributed by atoms with Crippen LogP contribution in [-0.4, -0.2) is 45.1 Å². The molecule has 27 heavy (non-hydrogen) atoms. The van der Waals surface area contributed by atoms with Crippen molar-refractivity contribution in [3.05, 3.63) is 29.3 Å². The second kappa shape index (κ2) is 7.70. The topological polar surface area (TPSA) is 57.2 Å². The molecule has 0 aliphatic heterocycles. The lowest BCUT2D eigenvalue weighted by atomic mass is 9.54. The minimum Gasteiger partial charge on any atom is -0.468 e. The number of hydrogen-bond acceptors (Lipinski definition) is 5. The Bertz CT molecular complexity index is 662. The van der Waals surface area contributed by atoms with E-state index in [1.807, 2.05) is 6.07 Å². The summed E-state index contributed by atoms with van der Waals surface area (Å²) in [5, 5.41) is 11.1. The van der Waals surface area contributed by atoms with Gasteiger partial charge >= 0.3 is 0 Å². The molecule has 5 nitrogen and oxygen atoms in total. The first kappa shape index (κ1) is 19.2. The van der Waals surface area contributed by atoms with E-state index in [4.69, 9.17) is 18.9 Å². The third-order valence-corrected chi connectivity index (χ3v) is 7.36. The Balaban J connectivity index is 1.58. The van der Waals surface area contributed by atoms with Crippen LogP contribution in [0.15, 0.2) is 18.2 Å². The lowest BCUT2D eigenvalue weighted by molar-refractivity contribution is -0.133. The second-order valence-electron chi connectivity index (χ2n) is 8.66. The molecule has 1 N–H and O–H groups in total. The number of fused-ring (bicyclic) bond motifs is 5. The Morgan fingerprint density at radius 2 is 1.93 bits per heavy atom. The molecule has 150 valence electrons. The van der Waals surface area contributed by atoms with Gasteiger partial charge in [0.15, 0.2) is 6.79 Å².